The zero-order chi connectivity index (χ0) is 28.0. The van der Waals surface area contributed by atoms with E-state index in [9.17, 15) is 14.4 Å². The van der Waals surface area contributed by atoms with Crippen LogP contribution in [0.25, 0.3) is 0 Å². The fourth-order valence-electron chi connectivity index (χ4n) is 5.39. The number of esters is 2. The quantitative estimate of drug-likeness (QED) is 0.353. The van der Waals surface area contributed by atoms with Crippen LogP contribution >= 0.6 is 0 Å². The molecule has 0 radical (unpaired) electrons. The van der Waals surface area contributed by atoms with Gasteiger partial charge in [0, 0.05) is 19.0 Å². The van der Waals surface area contributed by atoms with Gasteiger partial charge in [-0.3, -0.25) is 0 Å². The number of aryl methyl sites for hydroxylation is 2. The molecule has 1 saturated heterocycles. The van der Waals surface area contributed by atoms with E-state index >= 15 is 0 Å². The van der Waals surface area contributed by atoms with Crippen molar-refractivity contribution in [2.45, 2.75) is 39.5 Å². The van der Waals surface area contributed by atoms with Crippen molar-refractivity contribution in [3.05, 3.63) is 57.6 Å². The van der Waals surface area contributed by atoms with Gasteiger partial charge in [0.05, 0.1) is 35.0 Å². The number of hydrogen-bond donors (Lipinski definition) is 0. The summed E-state index contributed by atoms with van der Waals surface area (Å²) in [5.74, 6) is -0.166. The van der Waals surface area contributed by atoms with E-state index in [0.29, 0.717) is 55.2 Å². The van der Waals surface area contributed by atoms with Crippen molar-refractivity contribution >= 4 is 18.0 Å². The molecule has 206 valence electrons. The summed E-state index contributed by atoms with van der Waals surface area (Å²) in [7, 11) is 5.71. The summed E-state index contributed by atoms with van der Waals surface area (Å²) >= 11 is 0. The molecule has 1 heterocycles. The van der Waals surface area contributed by atoms with Crippen molar-refractivity contribution < 1.29 is 38.1 Å². The third-order valence-corrected chi connectivity index (χ3v) is 7.07. The first-order valence-electron chi connectivity index (χ1n) is 12.7. The number of carbonyl (C=O) groups is 3. The maximum absolute atomic E-state index is 12.7. The minimum absolute atomic E-state index is 0.109. The number of methoxy groups -OCH3 is 4. The molecular weight excluding hydrogens is 490 g/mol. The van der Waals surface area contributed by atoms with Gasteiger partial charge in [0.25, 0.3) is 0 Å². The van der Waals surface area contributed by atoms with Crippen LogP contribution < -0.4 is 9.47 Å². The van der Waals surface area contributed by atoms with Gasteiger partial charge in [-0.1, -0.05) is 12.1 Å². The summed E-state index contributed by atoms with van der Waals surface area (Å²) in [6.07, 6.45) is 1.10. The van der Waals surface area contributed by atoms with Gasteiger partial charge in [-0.05, 0) is 73.9 Å². The van der Waals surface area contributed by atoms with Crippen LogP contribution in [0.3, 0.4) is 0 Å². The van der Waals surface area contributed by atoms with Crippen LogP contribution in [-0.2, 0) is 14.2 Å². The Morgan fingerprint density at radius 1 is 0.816 bits per heavy atom. The Kier molecular flexibility index (Phi) is 9.61. The van der Waals surface area contributed by atoms with Crippen LogP contribution in [0.4, 0.5) is 4.79 Å². The first-order chi connectivity index (χ1) is 18.2. The molecule has 0 spiro atoms. The van der Waals surface area contributed by atoms with Gasteiger partial charge in [0.15, 0.2) is 0 Å². The van der Waals surface area contributed by atoms with E-state index in [2.05, 4.69) is 0 Å². The minimum Gasteiger partial charge on any atom is -0.496 e. The number of hydrogen-bond acceptors (Lipinski definition) is 8. The predicted octanol–water partition coefficient (Wildman–Crippen LogP) is 4.89. The zero-order valence-electron chi connectivity index (χ0n) is 23.2. The summed E-state index contributed by atoms with van der Waals surface area (Å²) in [4.78, 5) is 39.4. The molecule has 1 amide bonds. The molecule has 0 saturated carbocycles. The van der Waals surface area contributed by atoms with E-state index in [1.54, 1.807) is 24.0 Å². The molecule has 1 aliphatic rings. The number of rotatable bonds is 8. The van der Waals surface area contributed by atoms with Crippen molar-refractivity contribution in [1.82, 2.24) is 4.90 Å². The Morgan fingerprint density at radius 2 is 1.26 bits per heavy atom. The molecule has 3 rings (SSSR count). The molecule has 0 unspecified atom stereocenters. The van der Waals surface area contributed by atoms with Gasteiger partial charge < -0.3 is 28.6 Å². The second-order valence-electron chi connectivity index (χ2n) is 9.32. The second-order valence-corrected chi connectivity index (χ2v) is 9.32. The van der Waals surface area contributed by atoms with Crippen molar-refractivity contribution in [3.63, 3.8) is 0 Å². The second kappa shape index (κ2) is 12.7. The number of ether oxygens (including phenoxy) is 5. The summed E-state index contributed by atoms with van der Waals surface area (Å²) in [5, 5.41) is 0. The zero-order valence-corrected chi connectivity index (χ0v) is 23.2. The van der Waals surface area contributed by atoms with Crippen LogP contribution in [0, 0.1) is 19.8 Å². The van der Waals surface area contributed by atoms with Gasteiger partial charge in [-0.2, -0.15) is 0 Å². The highest BCUT2D eigenvalue weighted by Gasteiger charge is 2.33. The van der Waals surface area contributed by atoms with Crippen LogP contribution in [-0.4, -0.2) is 71.1 Å². The van der Waals surface area contributed by atoms with Crippen LogP contribution in [0.2, 0.25) is 0 Å². The summed E-state index contributed by atoms with van der Waals surface area (Å²) in [5.41, 5.74) is 4.02. The average molecular weight is 528 g/mol. The Bertz CT molecular complexity index is 1110. The molecule has 9 nitrogen and oxygen atoms in total. The molecule has 0 bridgehead atoms. The molecule has 2 aromatic carbocycles. The molecule has 0 atom stereocenters. The van der Waals surface area contributed by atoms with Crippen molar-refractivity contribution in [2.24, 2.45) is 5.92 Å². The largest absolute Gasteiger partial charge is 0.496 e. The average Bonchev–Trinajstić information content (AvgIpc) is 2.92. The highest BCUT2D eigenvalue weighted by atomic mass is 16.6. The lowest BCUT2D eigenvalue weighted by Crippen LogP contribution is -2.40. The fourth-order valence-corrected chi connectivity index (χ4v) is 5.39. The van der Waals surface area contributed by atoms with Crippen LogP contribution in [0.15, 0.2) is 24.3 Å². The normalized spacial score (nSPS) is 13.7. The molecule has 2 aromatic rings. The molecule has 9 heteroatoms. The topological polar surface area (TPSA) is 101 Å². The third kappa shape index (κ3) is 5.87. The lowest BCUT2D eigenvalue weighted by atomic mass is 9.74. The third-order valence-electron chi connectivity index (χ3n) is 7.07. The number of piperidine rings is 1. The van der Waals surface area contributed by atoms with Crippen LogP contribution in [0.1, 0.15) is 68.7 Å². The highest BCUT2D eigenvalue weighted by molar-refractivity contribution is 5.94. The SMILES string of the molecule is CCOC(=O)N1CCC(C(c2cc(C)c(OC)c(C(=O)OC)c2)c2cc(C)c(OC)c(C(=O)OC)c2)CC1. The van der Waals surface area contributed by atoms with E-state index in [4.69, 9.17) is 23.7 Å². The maximum Gasteiger partial charge on any atom is 0.409 e. The molecule has 0 aliphatic carbocycles. The van der Waals surface area contributed by atoms with Gasteiger partial charge in [0.1, 0.15) is 22.6 Å². The first kappa shape index (κ1) is 28.8. The Hall–Kier alpha value is -3.75. The Balaban J connectivity index is 2.17. The van der Waals surface area contributed by atoms with Gasteiger partial charge in [-0.25, -0.2) is 14.4 Å². The van der Waals surface area contributed by atoms with Crippen molar-refractivity contribution in [3.8, 4) is 11.5 Å². The van der Waals surface area contributed by atoms with Crippen LogP contribution in [0.5, 0.6) is 11.5 Å². The summed E-state index contributed by atoms with van der Waals surface area (Å²) in [6.45, 7) is 6.96. The highest BCUT2D eigenvalue weighted by Crippen LogP contribution is 2.42. The molecule has 1 aliphatic heterocycles. The number of benzene rings is 2. The van der Waals surface area contributed by atoms with Gasteiger partial charge >= 0.3 is 18.0 Å². The summed E-state index contributed by atoms with van der Waals surface area (Å²) < 4.78 is 26.3. The van der Waals surface area contributed by atoms with E-state index in [-0.39, 0.29) is 17.9 Å². The lowest BCUT2D eigenvalue weighted by Gasteiger charge is -2.36. The number of nitrogens with zero attached hydrogens (tertiary/aromatic N) is 1. The molecule has 0 aromatic heterocycles. The van der Waals surface area contributed by atoms with Gasteiger partial charge in [-0.15, -0.1) is 0 Å². The van der Waals surface area contributed by atoms with E-state index in [0.717, 1.165) is 22.3 Å². The smallest absolute Gasteiger partial charge is 0.409 e. The molecule has 38 heavy (non-hydrogen) atoms. The fraction of sp³-hybridized carbons (Fsp3) is 0.483. The molecular formula is C29H37NO8. The number of amides is 1. The number of likely N-dealkylation sites (tertiary alicyclic amines) is 1. The Morgan fingerprint density at radius 3 is 1.63 bits per heavy atom. The monoisotopic (exact) mass is 527 g/mol. The van der Waals surface area contributed by atoms with Crippen molar-refractivity contribution in [2.75, 3.05) is 48.1 Å². The molecule has 0 N–H and O–H groups in total. The van der Waals surface area contributed by atoms with Crippen molar-refractivity contribution in [1.29, 1.82) is 0 Å². The standard InChI is InChI=1S/C29H37NO8/c1-8-38-29(33)30-11-9-19(10-12-30)24(20-13-17(2)25(34-4)22(15-20)27(31)36-6)21-14-18(3)26(35-5)23(16-21)28(32)37-7/h13-16,19,24H,8-12H2,1-7H3. The number of carbonyl (C=O) groups excluding carboxylic acids is 3. The van der Waals surface area contributed by atoms with E-state index in [1.165, 1.54) is 28.4 Å². The van der Waals surface area contributed by atoms with E-state index in [1.807, 2.05) is 26.0 Å². The van der Waals surface area contributed by atoms with E-state index < -0.39 is 11.9 Å². The predicted molar refractivity (Wildman–Crippen MR) is 141 cm³/mol. The minimum atomic E-state index is -0.496. The first-order valence-corrected chi connectivity index (χ1v) is 12.7. The molecule has 1 fully saturated rings. The summed E-state index contributed by atoms with van der Waals surface area (Å²) in [6, 6.07) is 7.62. The Labute approximate surface area is 223 Å². The maximum atomic E-state index is 12.7. The lowest BCUT2D eigenvalue weighted by molar-refractivity contribution is 0.0588. The van der Waals surface area contributed by atoms with Gasteiger partial charge in [0.2, 0.25) is 0 Å².